The van der Waals surface area contributed by atoms with Gasteiger partial charge in [0.25, 0.3) is 0 Å². The van der Waals surface area contributed by atoms with Crippen LogP contribution in [0, 0.1) is 0 Å². The minimum atomic E-state index is -4.30. The standard InChI is InChI=1S/C8H10F3N3/c9-8(10,11)4-6(13)7-5(12)2-1-3-14-7/h1-3,6H,4,12-13H2/t6-/m0/s1. The molecule has 0 aliphatic heterocycles. The summed E-state index contributed by atoms with van der Waals surface area (Å²) < 4.78 is 35.9. The van der Waals surface area contributed by atoms with Crippen molar-refractivity contribution in [3.05, 3.63) is 24.0 Å². The van der Waals surface area contributed by atoms with Crippen molar-refractivity contribution < 1.29 is 13.2 Å². The summed E-state index contributed by atoms with van der Waals surface area (Å²) in [6.45, 7) is 0. The highest BCUT2D eigenvalue weighted by molar-refractivity contribution is 5.43. The van der Waals surface area contributed by atoms with E-state index in [2.05, 4.69) is 4.98 Å². The summed E-state index contributed by atoms with van der Waals surface area (Å²) in [5.74, 6) is 0. The average Bonchev–Trinajstić information content (AvgIpc) is 2.01. The van der Waals surface area contributed by atoms with E-state index in [1.165, 1.54) is 12.3 Å². The number of hydrogen-bond acceptors (Lipinski definition) is 3. The van der Waals surface area contributed by atoms with Crippen molar-refractivity contribution in [2.75, 3.05) is 5.73 Å². The number of halogens is 3. The third-order valence-corrected chi connectivity index (χ3v) is 1.67. The van der Waals surface area contributed by atoms with Crippen molar-refractivity contribution in [1.82, 2.24) is 4.98 Å². The second kappa shape index (κ2) is 3.83. The lowest BCUT2D eigenvalue weighted by molar-refractivity contribution is -0.138. The minimum Gasteiger partial charge on any atom is -0.397 e. The first-order chi connectivity index (χ1) is 6.40. The van der Waals surface area contributed by atoms with Crippen LogP contribution >= 0.6 is 0 Å². The Morgan fingerprint density at radius 2 is 2.07 bits per heavy atom. The first kappa shape index (κ1) is 10.8. The van der Waals surface area contributed by atoms with Crippen LogP contribution in [0.5, 0.6) is 0 Å². The van der Waals surface area contributed by atoms with Crippen molar-refractivity contribution in [2.45, 2.75) is 18.6 Å². The molecule has 0 radical (unpaired) electrons. The van der Waals surface area contributed by atoms with Crippen molar-refractivity contribution in [2.24, 2.45) is 5.73 Å². The van der Waals surface area contributed by atoms with E-state index >= 15 is 0 Å². The average molecular weight is 205 g/mol. The number of anilines is 1. The van der Waals surface area contributed by atoms with Gasteiger partial charge in [0.05, 0.1) is 23.8 Å². The van der Waals surface area contributed by atoms with Gasteiger partial charge in [0.2, 0.25) is 0 Å². The van der Waals surface area contributed by atoms with Crippen LogP contribution in [0.3, 0.4) is 0 Å². The Hall–Kier alpha value is -1.30. The van der Waals surface area contributed by atoms with Gasteiger partial charge in [-0.3, -0.25) is 4.98 Å². The molecule has 4 N–H and O–H groups in total. The minimum absolute atomic E-state index is 0.0878. The lowest BCUT2D eigenvalue weighted by Crippen LogP contribution is -2.22. The predicted octanol–water partition coefficient (Wildman–Crippen LogP) is 1.62. The fraction of sp³-hybridized carbons (Fsp3) is 0.375. The van der Waals surface area contributed by atoms with Crippen molar-refractivity contribution in [3.63, 3.8) is 0 Å². The Labute approximate surface area is 78.9 Å². The molecule has 0 amide bonds. The molecule has 6 heteroatoms. The fourth-order valence-corrected chi connectivity index (χ4v) is 1.09. The second-order valence-corrected chi connectivity index (χ2v) is 2.90. The van der Waals surface area contributed by atoms with Crippen LogP contribution < -0.4 is 11.5 Å². The number of pyridine rings is 1. The molecule has 0 aliphatic carbocycles. The summed E-state index contributed by atoms with van der Waals surface area (Å²) >= 11 is 0. The summed E-state index contributed by atoms with van der Waals surface area (Å²) in [7, 11) is 0. The number of aromatic nitrogens is 1. The Morgan fingerprint density at radius 3 is 2.57 bits per heavy atom. The lowest BCUT2D eigenvalue weighted by atomic mass is 10.1. The number of hydrogen-bond donors (Lipinski definition) is 2. The third kappa shape index (κ3) is 2.88. The predicted molar refractivity (Wildman–Crippen MR) is 46.2 cm³/mol. The van der Waals surface area contributed by atoms with Crippen LogP contribution in [0.2, 0.25) is 0 Å². The summed E-state index contributed by atoms with van der Waals surface area (Å²) in [6, 6.07) is 1.81. The van der Waals surface area contributed by atoms with Crippen LogP contribution in [-0.2, 0) is 0 Å². The van der Waals surface area contributed by atoms with Crippen LogP contribution in [-0.4, -0.2) is 11.2 Å². The molecule has 0 saturated heterocycles. The molecule has 14 heavy (non-hydrogen) atoms. The molecule has 1 aromatic rings. The molecule has 0 saturated carbocycles. The molecule has 1 rings (SSSR count). The van der Waals surface area contributed by atoms with Crippen molar-refractivity contribution in [3.8, 4) is 0 Å². The van der Waals surface area contributed by atoms with Gasteiger partial charge in [0.15, 0.2) is 0 Å². The third-order valence-electron chi connectivity index (χ3n) is 1.67. The molecule has 3 nitrogen and oxygen atoms in total. The number of rotatable bonds is 2. The Morgan fingerprint density at radius 1 is 1.43 bits per heavy atom. The maximum Gasteiger partial charge on any atom is 0.390 e. The van der Waals surface area contributed by atoms with Gasteiger partial charge in [-0.15, -0.1) is 0 Å². The van der Waals surface area contributed by atoms with E-state index in [-0.39, 0.29) is 11.4 Å². The molecule has 0 aliphatic rings. The van der Waals surface area contributed by atoms with Crippen LogP contribution in [0.4, 0.5) is 18.9 Å². The summed E-state index contributed by atoms with van der Waals surface area (Å²) in [4.78, 5) is 3.71. The topological polar surface area (TPSA) is 64.9 Å². The lowest BCUT2D eigenvalue weighted by Gasteiger charge is -2.14. The van der Waals surface area contributed by atoms with E-state index in [1.807, 2.05) is 0 Å². The van der Waals surface area contributed by atoms with E-state index < -0.39 is 18.6 Å². The van der Waals surface area contributed by atoms with Gasteiger partial charge in [-0.2, -0.15) is 13.2 Å². The van der Waals surface area contributed by atoms with Gasteiger partial charge in [-0.25, -0.2) is 0 Å². The Balaban J connectivity index is 2.80. The molecule has 1 aromatic heterocycles. The van der Waals surface area contributed by atoms with Crippen LogP contribution in [0.25, 0.3) is 0 Å². The molecule has 1 heterocycles. The number of nitrogens with zero attached hydrogens (tertiary/aromatic N) is 1. The Bertz CT molecular complexity index is 311. The summed E-state index contributed by atoms with van der Waals surface area (Å²) in [5.41, 5.74) is 11.0. The van der Waals surface area contributed by atoms with Crippen molar-refractivity contribution in [1.29, 1.82) is 0 Å². The summed E-state index contributed by atoms with van der Waals surface area (Å²) in [5, 5.41) is 0. The quantitative estimate of drug-likeness (QED) is 0.770. The monoisotopic (exact) mass is 205 g/mol. The first-order valence-electron chi connectivity index (χ1n) is 3.93. The number of nitrogen functional groups attached to an aromatic ring is 1. The molecule has 0 spiro atoms. The van der Waals surface area contributed by atoms with Crippen LogP contribution in [0.15, 0.2) is 18.3 Å². The zero-order chi connectivity index (χ0) is 10.8. The van der Waals surface area contributed by atoms with Gasteiger partial charge in [0, 0.05) is 6.20 Å². The first-order valence-corrected chi connectivity index (χ1v) is 3.93. The van der Waals surface area contributed by atoms with Gasteiger partial charge >= 0.3 is 6.18 Å². The highest BCUT2D eigenvalue weighted by Gasteiger charge is 2.31. The molecular weight excluding hydrogens is 195 g/mol. The van der Waals surface area contributed by atoms with Gasteiger partial charge in [0.1, 0.15) is 0 Å². The SMILES string of the molecule is Nc1cccnc1[C@@H](N)CC(F)(F)F. The molecular formula is C8H10F3N3. The molecule has 0 aromatic carbocycles. The number of nitrogens with two attached hydrogens (primary N) is 2. The molecule has 0 bridgehead atoms. The van der Waals surface area contributed by atoms with Gasteiger partial charge in [-0.05, 0) is 12.1 Å². The van der Waals surface area contributed by atoms with Gasteiger partial charge < -0.3 is 11.5 Å². The maximum atomic E-state index is 12.0. The highest BCUT2D eigenvalue weighted by Crippen LogP contribution is 2.28. The molecule has 78 valence electrons. The zero-order valence-corrected chi connectivity index (χ0v) is 7.25. The summed E-state index contributed by atoms with van der Waals surface area (Å²) in [6.07, 6.45) is -4.06. The van der Waals surface area contributed by atoms with E-state index in [4.69, 9.17) is 11.5 Å². The molecule has 0 fully saturated rings. The molecule has 0 unspecified atom stereocenters. The second-order valence-electron chi connectivity index (χ2n) is 2.90. The van der Waals surface area contributed by atoms with Gasteiger partial charge in [-0.1, -0.05) is 0 Å². The Kier molecular flexibility index (Phi) is 2.95. The van der Waals surface area contributed by atoms with Crippen molar-refractivity contribution >= 4 is 5.69 Å². The van der Waals surface area contributed by atoms with E-state index in [1.54, 1.807) is 6.07 Å². The maximum absolute atomic E-state index is 12.0. The normalized spacial score (nSPS) is 14.0. The van der Waals surface area contributed by atoms with Crippen LogP contribution in [0.1, 0.15) is 18.2 Å². The van der Waals surface area contributed by atoms with E-state index in [0.717, 1.165) is 0 Å². The van der Waals surface area contributed by atoms with E-state index in [9.17, 15) is 13.2 Å². The highest BCUT2D eigenvalue weighted by atomic mass is 19.4. The molecule has 1 atom stereocenters. The smallest absolute Gasteiger partial charge is 0.390 e. The zero-order valence-electron chi connectivity index (χ0n) is 7.25. The number of alkyl halides is 3. The largest absolute Gasteiger partial charge is 0.397 e. The fourth-order valence-electron chi connectivity index (χ4n) is 1.09. The van der Waals surface area contributed by atoms with E-state index in [0.29, 0.717) is 0 Å².